The van der Waals surface area contributed by atoms with E-state index in [1.165, 1.54) is 17.1 Å². The molecule has 0 radical (unpaired) electrons. The molecule has 0 aromatic carbocycles. The summed E-state index contributed by atoms with van der Waals surface area (Å²) in [6.07, 6.45) is 3.75. The van der Waals surface area contributed by atoms with Gasteiger partial charge in [-0.2, -0.15) is 0 Å². The van der Waals surface area contributed by atoms with Crippen LogP contribution in [0.2, 0.25) is 0 Å². The van der Waals surface area contributed by atoms with Gasteiger partial charge in [0.05, 0.1) is 17.8 Å². The third-order valence-corrected chi connectivity index (χ3v) is 4.44. The van der Waals surface area contributed by atoms with Gasteiger partial charge in [-0.25, -0.2) is 4.98 Å². The Labute approximate surface area is 120 Å². The second-order valence-electron chi connectivity index (χ2n) is 6.30. The molecule has 0 amide bonds. The molecule has 1 aliphatic rings. The summed E-state index contributed by atoms with van der Waals surface area (Å²) in [6.45, 7) is 10.8. The van der Waals surface area contributed by atoms with Gasteiger partial charge in [0.1, 0.15) is 5.01 Å². The first kappa shape index (κ1) is 14.9. The summed E-state index contributed by atoms with van der Waals surface area (Å²) < 4.78 is 5.87. The number of aromatic nitrogens is 1. The number of rotatable bonds is 5. The van der Waals surface area contributed by atoms with Gasteiger partial charge in [0, 0.05) is 17.4 Å². The number of thiazole rings is 1. The van der Waals surface area contributed by atoms with Crippen molar-refractivity contribution in [3.05, 3.63) is 16.1 Å². The second-order valence-corrected chi connectivity index (χ2v) is 7.19. The summed E-state index contributed by atoms with van der Waals surface area (Å²) in [6, 6.07) is 0.267. The molecule has 1 aliphatic heterocycles. The predicted octanol–water partition coefficient (Wildman–Crippen LogP) is 3.66. The van der Waals surface area contributed by atoms with E-state index in [0.717, 1.165) is 26.0 Å². The molecule has 0 saturated carbocycles. The highest BCUT2D eigenvalue weighted by Crippen LogP contribution is 2.32. The Hall–Kier alpha value is -0.450. The van der Waals surface area contributed by atoms with Crippen molar-refractivity contribution in [3.63, 3.8) is 0 Å². The van der Waals surface area contributed by atoms with Crippen molar-refractivity contribution in [2.24, 2.45) is 0 Å². The van der Waals surface area contributed by atoms with E-state index in [1.54, 1.807) is 11.3 Å². The van der Waals surface area contributed by atoms with Crippen LogP contribution in [0.3, 0.4) is 0 Å². The van der Waals surface area contributed by atoms with Crippen LogP contribution in [0.25, 0.3) is 0 Å². The van der Waals surface area contributed by atoms with Crippen LogP contribution in [-0.4, -0.2) is 24.2 Å². The van der Waals surface area contributed by atoms with E-state index in [9.17, 15) is 0 Å². The van der Waals surface area contributed by atoms with Gasteiger partial charge in [-0.15, -0.1) is 11.3 Å². The molecule has 0 spiro atoms. The fourth-order valence-corrected chi connectivity index (χ4v) is 3.49. The molecule has 1 aromatic heterocycles. The lowest BCUT2D eigenvalue weighted by Crippen LogP contribution is -2.32. The Morgan fingerprint density at radius 3 is 2.84 bits per heavy atom. The quantitative estimate of drug-likeness (QED) is 0.895. The van der Waals surface area contributed by atoms with E-state index < -0.39 is 0 Å². The molecule has 19 heavy (non-hydrogen) atoms. The van der Waals surface area contributed by atoms with Crippen LogP contribution in [0.5, 0.6) is 0 Å². The summed E-state index contributed by atoms with van der Waals surface area (Å²) >= 11 is 1.77. The number of ether oxygens (including phenoxy) is 1. The zero-order chi connectivity index (χ0) is 13.9. The molecule has 2 atom stereocenters. The predicted molar refractivity (Wildman–Crippen MR) is 80.8 cm³/mol. The molecule has 2 heterocycles. The monoisotopic (exact) mass is 282 g/mol. The van der Waals surface area contributed by atoms with E-state index in [0.29, 0.717) is 6.10 Å². The number of nitrogens with zero attached hydrogens (tertiary/aromatic N) is 1. The molecule has 4 heteroatoms. The van der Waals surface area contributed by atoms with Crippen LogP contribution in [0.1, 0.15) is 63.7 Å². The van der Waals surface area contributed by atoms with Crippen LogP contribution in [0, 0.1) is 0 Å². The molecule has 108 valence electrons. The lowest BCUT2D eigenvalue weighted by atomic mass is 9.93. The van der Waals surface area contributed by atoms with Crippen LogP contribution in [-0.2, 0) is 10.2 Å². The Morgan fingerprint density at radius 1 is 1.53 bits per heavy atom. The van der Waals surface area contributed by atoms with Crippen molar-refractivity contribution in [2.75, 3.05) is 13.2 Å². The maximum Gasteiger partial charge on any atom is 0.113 e. The maximum atomic E-state index is 5.87. The normalized spacial score (nSPS) is 21.8. The number of hydrogen-bond acceptors (Lipinski definition) is 4. The van der Waals surface area contributed by atoms with E-state index in [4.69, 9.17) is 9.72 Å². The van der Waals surface area contributed by atoms with E-state index in [2.05, 4.69) is 38.4 Å². The van der Waals surface area contributed by atoms with Crippen LogP contribution in [0.4, 0.5) is 0 Å². The fraction of sp³-hybridized carbons (Fsp3) is 0.800. The summed E-state index contributed by atoms with van der Waals surface area (Å²) in [5.74, 6) is 0. The topological polar surface area (TPSA) is 34.2 Å². The van der Waals surface area contributed by atoms with E-state index in [1.807, 2.05) is 0 Å². The summed E-state index contributed by atoms with van der Waals surface area (Å²) in [5, 5.41) is 7.00. The SMILES string of the molecule is CCCNC(c1nc(C(C)(C)C)cs1)C1CCCO1. The van der Waals surface area contributed by atoms with Crippen molar-refractivity contribution in [1.29, 1.82) is 0 Å². The highest BCUT2D eigenvalue weighted by atomic mass is 32.1. The Kier molecular flexibility index (Phi) is 4.98. The highest BCUT2D eigenvalue weighted by Gasteiger charge is 2.30. The zero-order valence-corrected chi connectivity index (χ0v) is 13.3. The first-order valence-electron chi connectivity index (χ1n) is 7.33. The van der Waals surface area contributed by atoms with Crippen LogP contribution < -0.4 is 5.32 Å². The van der Waals surface area contributed by atoms with Crippen molar-refractivity contribution in [3.8, 4) is 0 Å². The summed E-state index contributed by atoms with van der Waals surface area (Å²) in [4.78, 5) is 4.86. The molecule has 2 unspecified atom stereocenters. The molecule has 1 aromatic rings. The van der Waals surface area contributed by atoms with Gasteiger partial charge in [0.2, 0.25) is 0 Å². The lowest BCUT2D eigenvalue weighted by molar-refractivity contribution is 0.0781. The largest absolute Gasteiger partial charge is 0.376 e. The molecule has 3 nitrogen and oxygen atoms in total. The molecule has 0 aliphatic carbocycles. The maximum absolute atomic E-state index is 5.87. The van der Waals surface area contributed by atoms with E-state index >= 15 is 0 Å². The molecular formula is C15H26N2OS. The second kappa shape index (κ2) is 6.33. The van der Waals surface area contributed by atoms with Gasteiger partial charge in [-0.05, 0) is 25.8 Å². The first-order chi connectivity index (χ1) is 9.02. The first-order valence-corrected chi connectivity index (χ1v) is 8.21. The van der Waals surface area contributed by atoms with E-state index in [-0.39, 0.29) is 11.5 Å². The van der Waals surface area contributed by atoms with Gasteiger partial charge in [0.15, 0.2) is 0 Å². The third kappa shape index (κ3) is 3.77. The average molecular weight is 282 g/mol. The molecule has 1 N–H and O–H groups in total. The Balaban J connectivity index is 2.14. The third-order valence-electron chi connectivity index (χ3n) is 3.51. The lowest BCUT2D eigenvalue weighted by Gasteiger charge is -2.22. The molecular weight excluding hydrogens is 256 g/mol. The van der Waals surface area contributed by atoms with Crippen molar-refractivity contribution in [1.82, 2.24) is 10.3 Å². The minimum Gasteiger partial charge on any atom is -0.376 e. The van der Waals surface area contributed by atoms with Crippen molar-refractivity contribution < 1.29 is 4.74 Å². The highest BCUT2D eigenvalue weighted by molar-refractivity contribution is 7.09. The molecule has 1 saturated heterocycles. The zero-order valence-electron chi connectivity index (χ0n) is 12.5. The molecule has 0 bridgehead atoms. The van der Waals surface area contributed by atoms with Gasteiger partial charge in [-0.1, -0.05) is 27.7 Å². The van der Waals surface area contributed by atoms with Crippen LogP contribution >= 0.6 is 11.3 Å². The average Bonchev–Trinajstić information content (AvgIpc) is 2.99. The van der Waals surface area contributed by atoms with Gasteiger partial charge >= 0.3 is 0 Å². The van der Waals surface area contributed by atoms with Crippen molar-refractivity contribution in [2.45, 2.75) is 64.5 Å². The van der Waals surface area contributed by atoms with Crippen molar-refractivity contribution >= 4 is 11.3 Å². The standard InChI is InChI=1S/C15H26N2OS/c1-5-8-16-13(11-7-6-9-18-11)14-17-12(10-19-14)15(2,3)4/h10-11,13,16H,5-9H2,1-4H3. The number of hydrogen-bond donors (Lipinski definition) is 1. The Morgan fingerprint density at radius 2 is 2.32 bits per heavy atom. The van der Waals surface area contributed by atoms with Crippen LogP contribution in [0.15, 0.2) is 5.38 Å². The summed E-state index contributed by atoms with van der Waals surface area (Å²) in [7, 11) is 0. The van der Waals surface area contributed by atoms with Gasteiger partial charge < -0.3 is 10.1 Å². The summed E-state index contributed by atoms with van der Waals surface area (Å²) in [5.41, 5.74) is 1.31. The fourth-order valence-electron chi connectivity index (χ4n) is 2.32. The molecule has 2 rings (SSSR count). The van der Waals surface area contributed by atoms with Gasteiger partial charge in [0.25, 0.3) is 0 Å². The smallest absolute Gasteiger partial charge is 0.113 e. The minimum absolute atomic E-state index is 0.126. The Bertz CT molecular complexity index is 391. The minimum atomic E-state index is 0.126. The van der Waals surface area contributed by atoms with Gasteiger partial charge in [-0.3, -0.25) is 0 Å². The molecule has 1 fully saturated rings. The number of nitrogens with one attached hydrogen (secondary N) is 1.